The average Bonchev–Trinajstić information content (AvgIpc) is 2.35. The SMILES string of the molecule is CCC(CC)Nc1ccc(OC)c(OC(F)F)c1. The van der Waals surface area contributed by atoms with E-state index in [0.29, 0.717) is 11.8 Å². The van der Waals surface area contributed by atoms with Crippen LogP contribution >= 0.6 is 0 Å². The van der Waals surface area contributed by atoms with E-state index in [9.17, 15) is 8.78 Å². The van der Waals surface area contributed by atoms with Gasteiger partial charge in [-0.15, -0.1) is 0 Å². The lowest BCUT2D eigenvalue weighted by Crippen LogP contribution is -2.17. The monoisotopic (exact) mass is 259 g/mol. The van der Waals surface area contributed by atoms with Gasteiger partial charge in [0.15, 0.2) is 11.5 Å². The van der Waals surface area contributed by atoms with Crippen molar-refractivity contribution in [1.29, 1.82) is 0 Å². The molecule has 0 fully saturated rings. The molecule has 0 aromatic heterocycles. The van der Waals surface area contributed by atoms with E-state index in [0.717, 1.165) is 18.5 Å². The summed E-state index contributed by atoms with van der Waals surface area (Å²) in [7, 11) is 1.42. The first-order valence-corrected chi connectivity index (χ1v) is 6.00. The minimum Gasteiger partial charge on any atom is -0.493 e. The van der Waals surface area contributed by atoms with E-state index in [4.69, 9.17) is 4.74 Å². The minimum atomic E-state index is -2.86. The fraction of sp³-hybridized carbons (Fsp3) is 0.538. The number of benzene rings is 1. The Labute approximate surface area is 106 Å². The summed E-state index contributed by atoms with van der Waals surface area (Å²) in [5.74, 6) is 0.342. The molecule has 0 heterocycles. The van der Waals surface area contributed by atoms with Gasteiger partial charge in [-0.3, -0.25) is 0 Å². The molecular formula is C13H19F2NO2. The molecule has 1 N–H and O–H groups in total. The topological polar surface area (TPSA) is 30.5 Å². The first-order valence-electron chi connectivity index (χ1n) is 6.00. The Hall–Kier alpha value is -1.52. The number of hydrogen-bond donors (Lipinski definition) is 1. The van der Waals surface area contributed by atoms with Crippen LogP contribution in [0.15, 0.2) is 18.2 Å². The Kier molecular flexibility index (Phi) is 5.68. The molecule has 0 unspecified atom stereocenters. The van der Waals surface area contributed by atoms with E-state index in [2.05, 4.69) is 23.9 Å². The predicted molar refractivity (Wildman–Crippen MR) is 67.6 cm³/mol. The molecule has 0 aliphatic heterocycles. The van der Waals surface area contributed by atoms with Crippen LogP contribution in [0.4, 0.5) is 14.5 Å². The van der Waals surface area contributed by atoms with Crippen molar-refractivity contribution in [2.45, 2.75) is 39.3 Å². The van der Waals surface area contributed by atoms with Crippen LogP contribution in [0.1, 0.15) is 26.7 Å². The lowest BCUT2D eigenvalue weighted by Gasteiger charge is -2.18. The number of halogens is 2. The fourth-order valence-corrected chi connectivity index (χ4v) is 1.68. The molecule has 102 valence electrons. The first kappa shape index (κ1) is 14.5. The molecular weight excluding hydrogens is 240 g/mol. The number of anilines is 1. The van der Waals surface area contributed by atoms with E-state index >= 15 is 0 Å². The summed E-state index contributed by atoms with van der Waals surface area (Å²) in [4.78, 5) is 0. The Morgan fingerprint density at radius 1 is 1.17 bits per heavy atom. The van der Waals surface area contributed by atoms with Crippen LogP contribution in [-0.4, -0.2) is 19.8 Å². The zero-order chi connectivity index (χ0) is 13.5. The molecule has 18 heavy (non-hydrogen) atoms. The predicted octanol–water partition coefficient (Wildman–Crippen LogP) is 3.90. The van der Waals surface area contributed by atoms with E-state index in [1.807, 2.05) is 0 Å². The van der Waals surface area contributed by atoms with Crippen LogP contribution in [0, 0.1) is 0 Å². The average molecular weight is 259 g/mol. The molecule has 0 aliphatic rings. The summed E-state index contributed by atoms with van der Waals surface area (Å²) in [6.45, 7) is 1.28. The lowest BCUT2D eigenvalue weighted by atomic mass is 10.1. The molecule has 0 saturated heterocycles. The van der Waals surface area contributed by atoms with Gasteiger partial charge >= 0.3 is 6.61 Å². The van der Waals surface area contributed by atoms with Gasteiger partial charge in [-0.1, -0.05) is 13.8 Å². The second-order valence-corrected chi connectivity index (χ2v) is 3.90. The summed E-state index contributed by atoms with van der Waals surface area (Å²) < 4.78 is 33.9. The molecule has 0 radical (unpaired) electrons. The molecule has 1 rings (SSSR count). The molecule has 5 heteroatoms. The highest BCUT2D eigenvalue weighted by Gasteiger charge is 2.12. The maximum absolute atomic E-state index is 12.3. The molecule has 1 aromatic carbocycles. The molecule has 3 nitrogen and oxygen atoms in total. The van der Waals surface area contributed by atoms with Crippen molar-refractivity contribution >= 4 is 5.69 Å². The largest absolute Gasteiger partial charge is 0.493 e. The number of hydrogen-bond acceptors (Lipinski definition) is 3. The lowest BCUT2D eigenvalue weighted by molar-refractivity contribution is -0.0511. The highest BCUT2D eigenvalue weighted by Crippen LogP contribution is 2.31. The number of methoxy groups -OCH3 is 1. The standard InChI is InChI=1S/C13H19F2NO2/c1-4-9(5-2)16-10-6-7-11(17-3)12(8-10)18-13(14)15/h6-9,13,16H,4-5H2,1-3H3. The van der Waals surface area contributed by atoms with Crippen molar-refractivity contribution in [3.63, 3.8) is 0 Å². The quantitative estimate of drug-likeness (QED) is 0.805. The van der Waals surface area contributed by atoms with E-state index in [-0.39, 0.29) is 5.75 Å². The fourth-order valence-electron chi connectivity index (χ4n) is 1.68. The van der Waals surface area contributed by atoms with Crippen LogP contribution in [0.3, 0.4) is 0 Å². The smallest absolute Gasteiger partial charge is 0.387 e. The maximum Gasteiger partial charge on any atom is 0.387 e. The summed E-state index contributed by atoms with van der Waals surface area (Å²) in [5.41, 5.74) is 0.750. The van der Waals surface area contributed by atoms with Gasteiger partial charge < -0.3 is 14.8 Å². The van der Waals surface area contributed by atoms with Crippen LogP contribution in [0.25, 0.3) is 0 Å². The van der Waals surface area contributed by atoms with E-state index < -0.39 is 6.61 Å². The van der Waals surface area contributed by atoms with Gasteiger partial charge in [-0.2, -0.15) is 8.78 Å². The molecule has 0 aliphatic carbocycles. The van der Waals surface area contributed by atoms with Crippen LogP contribution < -0.4 is 14.8 Å². The van der Waals surface area contributed by atoms with Gasteiger partial charge in [0.05, 0.1) is 7.11 Å². The second kappa shape index (κ2) is 7.03. The number of alkyl halides is 2. The van der Waals surface area contributed by atoms with Gasteiger partial charge in [-0.25, -0.2) is 0 Å². The Bertz CT molecular complexity index is 368. The Morgan fingerprint density at radius 2 is 1.83 bits per heavy atom. The molecule has 0 bridgehead atoms. The number of ether oxygens (including phenoxy) is 2. The number of nitrogens with one attached hydrogen (secondary N) is 1. The van der Waals surface area contributed by atoms with Crippen LogP contribution in [-0.2, 0) is 0 Å². The second-order valence-electron chi connectivity index (χ2n) is 3.90. The van der Waals surface area contributed by atoms with E-state index in [1.165, 1.54) is 13.2 Å². The summed E-state index contributed by atoms with van der Waals surface area (Å²) in [6.07, 6.45) is 1.93. The van der Waals surface area contributed by atoms with Crippen LogP contribution in [0.2, 0.25) is 0 Å². The summed E-state index contributed by atoms with van der Waals surface area (Å²) in [5, 5.41) is 3.26. The van der Waals surface area contributed by atoms with Crippen molar-refractivity contribution in [1.82, 2.24) is 0 Å². The van der Waals surface area contributed by atoms with E-state index in [1.54, 1.807) is 12.1 Å². The third kappa shape index (κ3) is 4.05. The molecule has 0 saturated carbocycles. The van der Waals surface area contributed by atoms with Gasteiger partial charge in [0.25, 0.3) is 0 Å². The zero-order valence-electron chi connectivity index (χ0n) is 10.9. The van der Waals surface area contributed by atoms with Gasteiger partial charge in [0.2, 0.25) is 0 Å². The van der Waals surface area contributed by atoms with Gasteiger partial charge in [0.1, 0.15) is 0 Å². The summed E-state index contributed by atoms with van der Waals surface area (Å²) >= 11 is 0. The molecule has 0 spiro atoms. The highest BCUT2D eigenvalue weighted by molar-refractivity contribution is 5.55. The third-order valence-corrected chi connectivity index (χ3v) is 2.74. The Morgan fingerprint density at radius 3 is 2.33 bits per heavy atom. The van der Waals surface area contributed by atoms with Crippen molar-refractivity contribution in [3.8, 4) is 11.5 Å². The summed E-state index contributed by atoms with van der Waals surface area (Å²) in [6, 6.07) is 5.25. The highest BCUT2D eigenvalue weighted by atomic mass is 19.3. The normalized spacial score (nSPS) is 10.8. The van der Waals surface area contributed by atoms with Crippen molar-refractivity contribution in [3.05, 3.63) is 18.2 Å². The first-order chi connectivity index (χ1) is 8.60. The zero-order valence-corrected chi connectivity index (χ0v) is 10.9. The van der Waals surface area contributed by atoms with Gasteiger partial charge in [0, 0.05) is 17.8 Å². The van der Waals surface area contributed by atoms with Crippen molar-refractivity contribution in [2.75, 3.05) is 12.4 Å². The minimum absolute atomic E-state index is 0.0449. The van der Waals surface area contributed by atoms with Crippen LogP contribution in [0.5, 0.6) is 11.5 Å². The Balaban J connectivity index is 2.87. The molecule has 0 atom stereocenters. The molecule has 1 aromatic rings. The number of rotatable bonds is 7. The van der Waals surface area contributed by atoms with Crippen molar-refractivity contribution in [2.24, 2.45) is 0 Å². The van der Waals surface area contributed by atoms with Gasteiger partial charge in [-0.05, 0) is 25.0 Å². The third-order valence-electron chi connectivity index (χ3n) is 2.74. The van der Waals surface area contributed by atoms with Crippen molar-refractivity contribution < 1.29 is 18.3 Å². The molecule has 0 amide bonds. The maximum atomic E-state index is 12.3.